The zero-order chi connectivity index (χ0) is 36.3. The molecule has 0 aliphatic carbocycles. The Balaban J connectivity index is 1.23. The van der Waals surface area contributed by atoms with Gasteiger partial charge in [0.25, 0.3) is 0 Å². The van der Waals surface area contributed by atoms with Gasteiger partial charge in [0.15, 0.2) is 17.5 Å². The number of hydrogen-bond acceptors (Lipinski definition) is 4. The predicted molar refractivity (Wildman–Crippen MR) is 227 cm³/mol. The van der Waals surface area contributed by atoms with Crippen molar-refractivity contribution in [1.29, 1.82) is 0 Å². The van der Waals surface area contributed by atoms with E-state index in [9.17, 15) is 0 Å². The number of fused-ring (bicyclic) bond motifs is 7. The molecule has 0 aliphatic rings. The smallest absolute Gasteiger partial charge is 0.165 e. The summed E-state index contributed by atoms with van der Waals surface area (Å²) in [5.41, 5.74) is 8.64. The lowest BCUT2D eigenvalue weighted by Crippen LogP contribution is -2.03. The van der Waals surface area contributed by atoms with Crippen molar-refractivity contribution in [3.8, 4) is 56.4 Å². The third kappa shape index (κ3) is 5.11. The van der Waals surface area contributed by atoms with Gasteiger partial charge < -0.3 is 4.42 Å². The van der Waals surface area contributed by atoms with Crippen molar-refractivity contribution >= 4 is 54.3 Å². The number of benzene rings is 9. The van der Waals surface area contributed by atoms with Crippen LogP contribution in [0, 0.1) is 0 Å². The van der Waals surface area contributed by atoms with E-state index in [0.717, 1.165) is 82.4 Å². The molecule has 0 radical (unpaired) electrons. The largest absolute Gasteiger partial charge is 0.455 e. The first-order valence-corrected chi connectivity index (χ1v) is 18.5. The zero-order valence-corrected chi connectivity index (χ0v) is 29.6. The summed E-state index contributed by atoms with van der Waals surface area (Å²) in [5.74, 6) is 1.82. The predicted octanol–water partition coefficient (Wildman–Crippen LogP) is 13.6. The van der Waals surface area contributed by atoms with E-state index in [1.165, 1.54) is 10.8 Å². The highest BCUT2D eigenvalue weighted by Gasteiger charge is 2.22. The van der Waals surface area contributed by atoms with Crippen molar-refractivity contribution in [2.24, 2.45) is 0 Å². The van der Waals surface area contributed by atoms with Gasteiger partial charge in [-0.15, -0.1) is 0 Å². The molecule has 2 heterocycles. The van der Waals surface area contributed by atoms with Gasteiger partial charge in [-0.25, -0.2) is 15.0 Å². The maximum Gasteiger partial charge on any atom is 0.165 e. The van der Waals surface area contributed by atoms with Gasteiger partial charge >= 0.3 is 0 Å². The molecule has 0 saturated heterocycles. The number of nitrogens with zero attached hydrogens (tertiary/aromatic N) is 3. The molecule has 55 heavy (non-hydrogen) atoms. The van der Waals surface area contributed by atoms with Crippen LogP contribution < -0.4 is 0 Å². The summed E-state index contributed by atoms with van der Waals surface area (Å²) >= 11 is 0. The summed E-state index contributed by atoms with van der Waals surface area (Å²) < 4.78 is 6.56. The molecule has 0 saturated carbocycles. The first-order chi connectivity index (χ1) is 27.3. The SMILES string of the molecule is c1ccc(-c2ccccc2-c2nc(-c3ccccc3-c3cccc4c3oc3ccccc34)nc(-c3c4ccccc4cc4c3ccc3ccccc34)n2)cc1. The molecule has 0 fully saturated rings. The average molecular weight is 702 g/mol. The Morgan fingerprint density at radius 2 is 0.873 bits per heavy atom. The average Bonchev–Trinajstić information content (AvgIpc) is 3.65. The van der Waals surface area contributed by atoms with Gasteiger partial charge in [0.2, 0.25) is 0 Å². The minimum absolute atomic E-state index is 0.591. The van der Waals surface area contributed by atoms with Crippen LogP contribution >= 0.6 is 0 Å². The van der Waals surface area contributed by atoms with E-state index < -0.39 is 0 Å². The van der Waals surface area contributed by atoms with Gasteiger partial charge in [-0.05, 0) is 61.1 Å². The van der Waals surface area contributed by atoms with Crippen molar-refractivity contribution in [3.63, 3.8) is 0 Å². The lowest BCUT2D eigenvalue weighted by atomic mass is 9.92. The number of rotatable bonds is 5. The van der Waals surface area contributed by atoms with E-state index in [4.69, 9.17) is 19.4 Å². The molecule has 9 aromatic carbocycles. The van der Waals surface area contributed by atoms with E-state index in [0.29, 0.717) is 17.5 Å². The van der Waals surface area contributed by atoms with Gasteiger partial charge in [-0.1, -0.05) is 176 Å². The van der Waals surface area contributed by atoms with E-state index in [1.54, 1.807) is 0 Å². The Kier molecular flexibility index (Phi) is 7.14. The number of hydrogen-bond donors (Lipinski definition) is 0. The topological polar surface area (TPSA) is 51.8 Å². The van der Waals surface area contributed by atoms with E-state index >= 15 is 0 Å². The Hall–Kier alpha value is -7.43. The summed E-state index contributed by atoms with van der Waals surface area (Å²) in [6, 6.07) is 65.6. The van der Waals surface area contributed by atoms with Gasteiger partial charge in [-0.2, -0.15) is 0 Å². The molecule has 0 N–H and O–H groups in total. The summed E-state index contributed by atoms with van der Waals surface area (Å²) in [4.78, 5) is 16.2. The summed E-state index contributed by atoms with van der Waals surface area (Å²) in [5, 5.41) is 9.03. The fourth-order valence-corrected chi connectivity index (χ4v) is 8.21. The van der Waals surface area contributed by atoms with Gasteiger partial charge in [0.05, 0.1) is 0 Å². The Morgan fingerprint density at radius 1 is 0.309 bits per heavy atom. The molecular formula is C51H31N3O. The molecule has 4 nitrogen and oxygen atoms in total. The highest BCUT2D eigenvalue weighted by molar-refractivity contribution is 6.19. The molecule has 0 bridgehead atoms. The molecule has 0 aliphatic heterocycles. The quantitative estimate of drug-likeness (QED) is 0.132. The van der Waals surface area contributed by atoms with Crippen molar-refractivity contribution in [3.05, 3.63) is 188 Å². The Bertz CT molecular complexity index is 3270. The first kappa shape index (κ1) is 31.1. The zero-order valence-electron chi connectivity index (χ0n) is 29.6. The second-order valence-corrected chi connectivity index (χ2v) is 13.9. The fourth-order valence-electron chi connectivity index (χ4n) is 8.21. The number of furan rings is 1. The third-order valence-electron chi connectivity index (χ3n) is 10.7. The number of aromatic nitrogens is 3. The highest BCUT2D eigenvalue weighted by Crippen LogP contribution is 2.42. The Morgan fingerprint density at radius 3 is 1.67 bits per heavy atom. The highest BCUT2D eigenvalue weighted by atomic mass is 16.3. The minimum Gasteiger partial charge on any atom is -0.455 e. The van der Waals surface area contributed by atoms with E-state index in [-0.39, 0.29) is 0 Å². The standard InChI is InChI=1S/C51H31N3O/c1-2-15-32(16-3-1)35-19-8-10-24-43(35)49-52-50(44-25-11-9-22-38(44)41-26-14-27-42-39-23-12-13-28-46(39)55-48(41)42)54-51(53-49)47-37-21-7-5-18-34(37)31-45-36-20-6-4-17-33(36)29-30-40(45)47/h1-31H. The molecule has 4 heteroatoms. The molecule has 0 spiro atoms. The molecule has 2 aromatic heterocycles. The Labute approximate surface area is 317 Å². The van der Waals surface area contributed by atoms with Crippen LogP contribution in [0.25, 0.3) is 111 Å². The molecule has 11 aromatic rings. The normalized spacial score (nSPS) is 11.6. The van der Waals surface area contributed by atoms with Crippen LogP contribution in [0.3, 0.4) is 0 Å². The van der Waals surface area contributed by atoms with Crippen LogP contribution in [-0.2, 0) is 0 Å². The molecule has 11 rings (SSSR count). The minimum atomic E-state index is 0.591. The van der Waals surface area contributed by atoms with Crippen molar-refractivity contribution in [2.75, 3.05) is 0 Å². The van der Waals surface area contributed by atoms with Gasteiger partial charge in [-0.3, -0.25) is 0 Å². The van der Waals surface area contributed by atoms with E-state index in [2.05, 4.69) is 170 Å². The first-order valence-electron chi connectivity index (χ1n) is 18.5. The van der Waals surface area contributed by atoms with Crippen molar-refractivity contribution in [1.82, 2.24) is 15.0 Å². The monoisotopic (exact) mass is 701 g/mol. The molecule has 0 atom stereocenters. The van der Waals surface area contributed by atoms with Gasteiger partial charge in [0.1, 0.15) is 11.2 Å². The van der Waals surface area contributed by atoms with Crippen molar-refractivity contribution in [2.45, 2.75) is 0 Å². The van der Waals surface area contributed by atoms with Crippen LogP contribution in [0.1, 0.15) is 0 Å². The van der Waals surface area contributed by atoms with Crippen LogP contribution in [0.5, 0.6) is 0 Å². The van der Waals surface area contributed by atoms with E-state index in [1.807, 2.05) is 18.2 Å². The maximum absolute atomic E-state index is 6.56. The third-order valence-corrected chi connectivity index (χ3v) is 10.7. The fraction of sp³-hybridized carbons (Fsp3) is 0. The summed E-state index contributed by atoms with van der Waals surface area (Å²) in [6.07, 6.45) is 0. The van der Waals surface area contributed by atoms with Gasteiger partial charge in [0, 0.05) is 33.0 Å². The summed E-state index contributed by atoms with van der Waals surface area (Å²) in [6.45, 7) is 0. The number of para-hydroxylation sites is 2. The van der Waals surface area contributed by atoms with Crippen LogP contribution in [-0.4, -0.2) is 15.0 Å². The molecule has 0 amide bonds. The molecule has 256 valence electrons. The molecule has 0 unspecified atom stereocenters. The lowest BCUT2D eigenvalue weighted by Gasteiger charge is -2.16. The lowest BCUT2D eigenvalue weighted by molar-refractivity contribution is 0.670. The van der Waals surface area contributed by atoms with Crippen LogP contribution in [0.15, 0.2) is 192 Å². The molecular weight excluding hydrogens is 671 g/mol. The second-order valence-electron chi connectivity index (χ2n) is 13.9. The van der Waals surface area contributed by atoms with Crippen LogP contribution in [0.4, 0.5) is 0 Å². The second kappa shape index (κ2) is 12.6. The summed E-state index contributed by atoms with van der Waals surface area (Å²) in [7, 11) is 0. The van der Waals surface area contributed by atoms with Crippen molar-refractivity contribution < 1.29 is 4.42 Å². The maximum atomic E-state index is 6.56. The van der Waals surface area contributed by atoms with Crippen LogP contribution in [0.2, 0.25) is 0 Å².